The monoisotopic (exact) mass is 230 g/mol. The Balaban J connectivity index is 2.61. The Morgan fingerprint density at radius 2 is 2.33 bits per heavy atom. The van der Waals surface area contributed by atoms with Gasteiger partial charge in [0.1, 0.15) is 0 Å². The molecule has 0 saturated carbocycles. The lowest BCUT2D eigenvalue weighted by atomic mass is 10.5. The molecule has 0 fully saturated rings. The molecule has 0 atom stereocenters. The zero-order valence-corrected chi connectivity index (χ0v) is 9.72. The standard InChI is InChI=1S/C8H14N4O2S/c1-12(2)5(13)4-10-8-6(14-3)7(9)11-15-8/h10H,4H2,1-3H3,(H2,9,11). The molecule has 0 radical (unpaired) electrons. The van der Waals surface area contributed by atoms with Gasteiger partial charge in [-0.1, -0.05) is 0 Å². The van der Waals surface area contributed by atoms with E-state index in [9.17, 15) is 4.79 Å². The van der Waals surface area contributed by atoms with E-state index in [0.29, 0.717) is 16.6 Å². The van der Waals surface area contributed by atoms with Gasteiger partial charge in [-0.05, 0) is 11.5 Å². The number of ether oxygens (including phenoxy) is 1. The van der Waals surface area contributed by atoms with Crippen molar-refractivity contribution < 1.29 is 9.53 Å². The van der Waals surface area contributed by atoms with Gasteiger partial charge in [0.2, 0.25) is 5.91 Å². The van der Waals surface area contributed by atoms with Crippen LogP contribution in [0, 0.1) is 0 Å². The van der Waals surface area contributed by atoms with Crippen LogP contribution in [-0.2, 0) is 4.79 Å². The van der Waals surface area contributed by atoms with Gasteiger partial charge < -0.3 is 20.7 Å². The van der Waals surface area contributed by atoms with Gasteiger partial charge in [0, 0.05) is 14.1 Å². The Kier molecular flexibility index (Phi) is 3.73. The second kappa shape index (κ2) is 4.83. The Morgan fingerprint density at radius 3 is 2.87 bits per heavy atom. The number of nitrogens with one attached hydrogen (secondary N) is 1. The quantitative estimate of drug-likeness (QED) is 0.774. The number of nitrogens with two attached hydrogens (primary N) is 1. The van der Waals surface area contributed by atoms with E-state index >= 15 is 0 Å². The molecule has 1 rings (SSSR count). The van der Waals surface area contributed by atoms with Gasteiger partial charge in [0.05, 0.1) is 13.7 Å². The fourth-order valence-corrected chi connectivity index (χ4v) is 1.60. The van der Waals surface area contributed by atoms with E-state index in [2.05, 4.69) is 9.69 Å². The lowest BCUT2D eigenvalue weighted by Gasteiger charge is -2.11. The number of amides is 1. The number of rotatable bonds is 4. The third kappa shape index (κ3) is 2.72. The summed E-state index contributed by atoms with van der Waals surface area (Å²) in [6, 6.07) is 0. The molecule has 0 aliphatic rings. The van der Waals surface area contributed by atoms with Gasteiger partial charge in [-0.15, -0.1) is 0 Å². The lowest BCUT2D eigenvalue weighted by Crippen LogP contribution is -2.28. The van der Waals surface area contributed by atoms with E-state index in [1.165, 1.54) is 23.5 Å². The van der Waals surface area contributed by atoms with Crippen LogP contribution in [0.4, 0.5) is 10.8 Å². The molecule has 0 aliphatic carbocycles. The van der Waals surface area contributed by atoms with E-state index < -0.39 is 0 Å². The van der Waals surface area contributed by atoms with Crippen LogP contribution in [0.25, 0.3) is 0 Å². The number of hydrogen-bond donors (Lipinski definition) is 2. The summed E-state index contributed by atoms with van der Waals surface area (Å²) in [6.45, 7) is 0.199. The third-order valence-electron chi connectivity index (χ3n) is 1.78. The highest BCUT2D eigenvalue weighted by Crippen LogP contribution is 2.34. The summed E-state index contributed by atoms with van der Waals surface area (Å²) in [4.78, 5) is 12.8. The molecule has 1 amide bonds. The van der Waals surface area contributed by atoms with Crippen LogP contribution < -0.4 is 15.8 Å². The molecule has 0 saturated heterocycles. The molecule has 0 spiro atoms. The number of nitrogen functional groups attached to an aromatic ring is 1. The summed E-state index contributed by atoms with van der Waals surface area (Å²) in [6.07, 6.45) is 0. The lowest BCUT2D eigenvalue weighted by molar-refractivity contribution is -0.126. The number of aromatic nitrogens is 1. The summed E-state index contributed by atoms with van der Waals surface area (Å²) in [5, 5.41) is 3.60. The van der Waals surface area contributed by atoms with Crippen molar-refractivity contribution >= 4 is 28.3 Å². The predicted octanol–water partition coefficient (Wildman–Crippen LogP) is 0.234. The molecule has 0 aliphatic heterocycles. The van der Waals surface area contributed by atoms with E-state index in [1.807, 2.05) is 0 Å². The van der Waals surface area contributed by atoms with E-state index in [4.69, 9.17) is 10.5 Å². The average molecular weight is 230 g/mol. The van der Waals surface area contributed by atoms with Gasteiger partial charge in [0.15, 0.2) is 16.6 Å². The van der Waals surface area contributed by atoms with E-state index in [-0.39, 0.29) is 12.5 Å². The largest absolute Gasteiger partial charge is 0.490 e. The maximum Gasteiger partial charge on any atom is 0.241 e. The number of nitrogens with zero attached hydrogens (tertiary/aromatic N) is 2. The average Bonchev–Trinajstić information content (AvgIpc) is 2.55. The van der Waals surface area contributed by atoms with Crippen LogP contribution in [-0.4, -0.2) is 42.9 Å². The van der Waals surface area contributed by atoms with Gasteiger partial charge in [0.25, 0.3) is 0 Å². The minimum Gasteiger partial charge on any atom is -0.490 e. The molecule has 0 aromatic carbocycles. The second-order valence-electron chi connectivity index (χ2n) is 3.07. The van der Waals surface area contributed by atoms with Crippen molar-refractivity contribution in [2.24, 2.45) is 0 Å². The molecule has 1 aromatic rings. The number of hydrogen-bond acceptors (Lipinski definition) is 6. The van der Waals surface area contributed by atoms with Crippen molar-refractivity contribution in [3.8, 4) is 5.75 Å². The molecule has 1 heterocycles. The van der Waals surface area contributed by atoms with Gasteiger partial charge in [-0.2, -0.15) is 4.37 Å². The first-order valence-corrected chi connectivity index (χ1v) is 5.06. The van der Waals surface area contributed by atoms with Gasteiger partial charge in [-0.25, -0.2) is 0 Å². The fraction of sp³-hybridized carbons (Fsp3) is 0.500. The number of anilines is 2. The maximum absolute atomic E-state index is 11.3. The summed E-state index contributed by atoms with van der Waals surface area (Å²) < 4.78 is 8.96. The molecule has 84 valence electrons. The van der Waals surface area contributed by atoms with Crippen molar-refractivity contribution in [3.63, 3.8) is 0 Å². The predicted molar refractivity (Wildman–Crippen MR) is 60.3 cm³/mol. The second-order valence-corrected chi connectivity index (χ2v) is 3.85. The first-order valence-electron chi connectivity index (χ1n) is 4.29. The summed E-state index contributed by atoms with van der Waals surface area (Å²) in [5.41, 5.74) is 5.56. The number of likely N-dealkylation sites (N-methyl/N-ethyl adjacent to an activating group) is 1. The van der Waals surface area contributed by atoms with Crippen molar-refractivity contribution in [2.75, 3.05) is 38.8 Å². The van der Waals surface area contributed by atoms with Crippen LogP contribution in [0.1, 0.15) is 0 Å². The molecule has 3 N–H and O–H groups in total. The molecule has 0 unspecified atom stereocenters. The SMILES string of the molecule is COc1c(N)nsc1NCC(=O)N(C)C. The van der Waals surface area contributed by atoms with Crippen LogP contribution >= 0.6 is 11.5 Å². The van der Waals surface area contributed by atoms with Gasteiger partial charge >= 0.3 is 0 Å². The summed E-state index contributed by atoms with van der Waals surface area (Å²) >= 11 is 1.17. The first-order chi connectivity index (χ1) is 7.06. The highest BCUT2D eigenvalue weighted by Gasteiger charge is 2.12. The smallest absolute Gasteiger partial charge is 0.241 e. The maximum atomic E-state index is 11.3. The van der Waals surface area contributed by atoms with Crippen molar-refractivity contribution in [1.82, 2.24) is 9.27 Å². The Hall–Kier alpha value is -1.50. The minimum absolute atomic E-state index is 0.0241. The molecule has 6 nitrogen and oxygen atoms in total. The van der Waals surface area contributed by atoms with Crippen molar-refractivity contribution in [2.45, 2.75) is 0 Å². The van der Waals surface area contributed by atoms with Gasteiger partial charge in [-0.3, -0.25) is 4.79 Å². The Morgan fingerprint density at radius 1 is 1.67 bits per heavy atom. The normalized spacial score (nSPS) is 9.80. The minimum atomic E-state index is -0.0241. The Labute approximate surface area is 92.2 Å². The highest BCUT2D eigenvalue weighted by atomic mass is 32.1. The van der Waals surface area contributed by atoms with Crippen LogP contribution in [0.15, 0.2) is 0 Å². The highest BCUT2D eigenvalue weighted by molar-refractivity contribution is 7.11. The number of methoxy groups -OCH3 is 1. The summed E-state index contributed by atoms with van der Waals surface area (Å²) in [7, 11) is 4.91. The number of carbonyl (C=O) groups is 1. The van der Waals surface area contributed by atoms with Crippen molar-refractivity contribution in [3.05, 3.63) is 0 Å². The third-order valence-corrected chi connectivity index (χ3v) is 2.58. The topological polar surface area (TPSA) is 80.5 Å². The molecule has 1 aromatic heterocycles. The molecular weight excluding hydrogens is 216 g/mol. The molecule has 7 heteroatoms. The van der Waals surface area contributed by atoms with E-state index in [0.717, 1.165) is 0 Å². The van der Waals surface area contributed by atoms with E-state index in [1.54, 1.807) is 14.1 Å². The van der Waals surface area contributed by atoms with Crippen LogP contribution in [0.2, 0.25) is 0 Å². The molecular formula is C8H14N4O2S. The number of carbonyl (C=O) groups excluding carboxylic acids is 1. The first kappa shape index (κ1) is 11.6. The Bertz CT molecular complexity index is 350. The van der Waals surface area contributed by atoms with Crippen LogP contribution in [0.5, 0.6) is 5.75 Å². The zero-order chi connectivity index (χ0) is 11.4. The summed E-state index contributed by atoms with van der Waals surface area (Å²) in [5.74, 6) is 0.804. The zero-order valence-electron chi connectivity index (χ0n) is 8.90. The van der Waals surface area contributed by atoms with Crippen molar-refractivity contribution in [1.29, 1.82) is 0 Å². The molecule has 0 bridgehead atoms. The fourth-order valence-electron chi connectivity index (χ4n) is 0.918. The molecule has 15 heavy (non-hydrogen) atoms. The van der Waals surface area contributed by atoms with Crippen LogP contribution in [0.3, 0.4) is 0 Å².